The molecule has 0 aromatic heterocycles. The first-order valence-corrected chi connectivity index (χ1v) is 5.76. The van der Waals surface area contributed by atoms with Crippen LogP contribution in [0, 0.1) is 23.0 Å². The Morgan fingerprint density at radius 3 is 2.72 bits per heavy atom. The lowest BCUT2D eigenvalue weighted by Gasteiger charge is -2.15. The smallest absolute Gasteiger partial charge is 0.165 e. The molecule has 0 saturated carbocycles. The molecule has 1 aromatic carbocycles. The summed E-state index contributed by atoms with van der Waals surface area (Å²) in [6.45, 7) is 4.01. The van der Waals surface area contributed by atoms with Gasteiger partial charge in [-0.25, -0.2) is 8.78 Å². The Hall–Kier alpha value is -1.67. The van der Waals surface area contributed by atoms with Crippen molar-refractivity contribution in [3.05, 3.63) is 29.8 Å². The van der Waals surface area contributed by atoms with E-state index in [9.17, 15) is 8.78 Å². The fourth-order valence-corrected chi connectivity index (χ4v) is 1.46. The molecule has 98 valence electrons. The highest BCUT2D eigenvalue weighted by Crippen LogP contribution is 2.18. The number of hydrogen-bond donors (Lipinski definition) is 1. The lowest BCUT2D eigenvalue weighted by molar-refractivity contribution is 0.280. The minimum Gasteiger partial charge on any atom is -0.490 e. The molecule has 0 bridgehead atoms. The molecule has 3 nitrogen and oxygen atoms in total. The number of rotatable bonds is 6. The number of halogens is 2. The summed E-state index contributed by atoms with van der Waals surface area (Å²) >= 11 is 0. The van der Waals surface area contributed by atoms with E-state index in [1.165, 1.54) is 0 Å². The minimum atomic E-state index is -0.610. The molecule has 0 aliphatic heterocycles. The predicted molar refractivity (Wildman–Crippen MR) is 64.1 cm³/mol. The maximum atomic E-state index is 13.2. The van der Waals surface area contributed by atoms with Gasteiger partial charge >= 0.3 is 0 Å². The summed E-state index contributed by atoms with van der Waals surface area (Å²) in [5.41, 5.74) is 0. The Morgan fingerprint density at radius 1 is 1.39 bits per heavy atom. The molecule has 1 rings (SSSR count). The van der Waals surface area contributed by atoms with Gasteiger partial charge in [-0.2, -0.15) is 5.26 Å². The van der Waals surface area contributed by atoms with Crippen molar-refractivity contribution in [3.8, 4) is 11.8 Å². The topological polar surface area (TPSA) is 45.0 Å². The first-order valence-electron chi connectivity index (χ1n) is 5.76. The highest BCUT2D eigenvalue weighted by Gasteiger charge is 2.10. The number of nitrogens with zero attached hydrogens (tertiary/aromatic N) is 1. The van der Waals surface area contributed by atoms with E-state index in [2.05, 4.69) is 11.4 Å². The molecule has 0 fully saturated rings. The van der Waals surface area contributed by atoms with Gasteiger partial charge in [0.05, 0.1) is 18.7 Å². The molecule has 1 aromatic rings. The van der Waals surface area contributed by atoms with Crippen molar-refractivity contribution in [1.29, 1.82) is 5.26 Å². The highest BCUT2D eigenvalue weighted by atomic mass is 19.1. The van der Waals surface area contributed by atoms with E-state index in [1.54, 1.807) is 0 Å². The third kappa shape index (κ3) is 4.68. The monoisotopic (exact) mass is 254 g/mol. The van der Waals surface area contributed by atoms with Crippen LogP contribution in [0.25, 0.3) is 0 Å². The summed E-state index contributed by atoms with van der Waals surface area (Å²) in [5, 5.41) is 11.9. The van der Waals surface area contributed by atoms with Crippen LogP contribution in [0.5, 0.6) is 5.75 Å². The molecule has 0 radical (unpaired) electrons. The second kappa shape index (κ2) is 6.92. The number of nitrogens with one attached hydrogen (secondary N) is 1. The molecule has 1 atom stereocenters. The van der Waals surface area contributed by atoms with Crippen molar-refractivity contribution in [2.45, 2.75) is 32.4 Å². The van der Waals surface area contributed by atoms with Crippen molar-refractivity contribution in [2.24, 2.45) is 0 Å². The highest BCUT2D eigenvalue weighted by molar-refractivity contribution is 5.24. The number of nitriles is 1. The van der Waals surface area contributed by atoms with Crippen molar-refractivity contribution in [2.75, 3.05) is 6.61 Å². The summed E-state index contributed by atoms with van der Waals surface area (Å²) < 4.78 is 31.2. The van der Waals surface area contributed by atoms with Crippen molar-refractivity contribution >= 4 is 0 Å². The predicted octanol–water partition coefficient (Wildman–Crippen LogP) is 2.62. The van der Waals surface area contributed by atoms with E-state index in [-0.39, 0.29) is 24.4 Å². The fourth-order valence-electron chi connectivity index (χ4n) is 1.46. The van der Waals surface area contributed by atoms with E-state index in [4.69, 9.17) is 10.00 Å². The maximum Gasteiger partial charge on any atom is 0.165 e. The van der Waals surface area contributed by atoms with Gasteiger partial charge in [-0.3, -0.25) is 5.32 Å². The van der Waals surface area contributed by atoms with Crippen LogP contribution >= 0.6 is 0 Å². The zero-order valence-electron chi connectivity index (χ0n) is 10.4. The molecule has 1 N–H and O–H groups in total. The van der Waals surface area contributed by atoms with Gasteiger partial charge in [-0.15, -0.1) is 0 Å². The summed E-state index contributed by atoms with van der Waals surface area (Å²) in [4.78, 5) is 0. The second-order valence-electron chi connectivity index (χ2n) is 4.21. The van der Waals surface area contributed by atoms with E-state index in [0.29, 0.717) is 6.42 Å². The number of hydrogen-bond acceptors (Lipinski definition) is 3. The largest absolute Gasteiger partial charge is 0.490 e. The molecule has 0 aliphatic carbocycles. The Morgan fingerprint density at radius 2 is 2.11 bits per heavy atom. The first-order chi connectivity index (χ1) is 8.52. The summed E-state index contributed by atoms with van der Waals surface area (Å²) in [6.07, 6.45) is 0.407. The zero-order valence-corrected chi connectivity index (χ0v) is 10.4. The van der Waals surface area contributed by atoms with Crippen LogP contribution in [0.15, 0.2) is 18.2 Å². The lowest BCUT2D eigenvalue weighted by atomic mass is 10.2. The van der Waals surface area contributed by atoms with Crippen molar-refractivity contribution < 1.29 is 13.5 Å². The fraction of sp³-hybridized carbons (Fsp3) is 0.462. The van der Waals surface area contributed by atoms with Crippen LogP contribution in [0.3, 0.4) is 0 Å². The summed E-state index contributed by atoms with van der Waals surface area (Å²) in [6, 6.07) is 4.94. The van der Waals surface area contributed by atoms with Crippen LogP contribution in [0.1, 0.15) is 20.3 Å². The van der Waals surface area contributed by atoms with Crippen LogP contribution in [0.2, 0.25) is 0 Å². The van der Waals surface area contributed by atoms with Gasteiger partial charge in [0, 0.05) is 18.5 Å². The van der Waals surface area contributed by atoms with Gasteiger partial charge in [0.25, 0.3) is 0 Å². The first kappa shape index (κ1) is 14.4. The average molecular weight is 254 g/mol. The van der Waals surface area contributed by atoms with Crippen LogP contribution in [-0.4, -0.2) is 18.7 Å². The third-order valence-corrected chi connectivity index (χ3v) is 2.25. The van der Waals surface area contributed by atoms with Gasteiger partial charge in [-0.1, -0.05) is 0 Å². The molecule has 0 amide bonds. The molecule has 0 saturated heterocycles. The summed E-state index contributed by atoms with van der Waals surface area (Å²) in [5.74, 6) is -1.29. The quantitative estimate of drug-likeness (QED) is 0.848. The van der Waals surface area contributed by atoms with Gasteiger partial charge in [-0.05, 0) is 26.0 Å². The third-order valence-electron chi connectivity index (χ3n) is 2.25. The van der Waals surface area contributed by atoms with Crippen LogP contribution in [-0.2, 0) is 0 Å². The van der Waals surface area contributed by atoms with E-state index in [1.807, 2.05) is 13.8 Å². The van der Waals surface area contributed by atoms with Crippen LogP contribution in [0.4, 0.5) is 8.78 Å². The van der Waals surface area contributed by atoms with Crippen molar-refractivity contribution in [3.63, 3.8) is 0 Å². The Labute approximate surface area is 105 Å². The van der Waals surface area contributed by atoms with Crippen LogP contribution < -0.4 is 10.1 Å². The average Bonchev–Trinajstić information content (AvgIpc) is 2.31. The van der Waals surface area contributed by atoms with E-state index in [0.717, 1.165) is 18.2 Å². The molecular weight excluding hydrogens is 238 g/mol. The molecule has 5 heteroatoms. The minimum absolute atomic E-state index is 0.128. The Bertz CT molecular complexity index is 429. The van der Waals surface area contributed by atoms with E-state index < -0.39 is 11.6 Å². The molecule has 1 unspecified atom stereocenters. The molecule has 0 aliphatic rings. The zero-order chi connectivity index (χ0) is 13.5. The summed E-state index contributed by atoms with van der Waals surface area (Å²) in [7, 11) is 0. The molecule has 18 heavy (non-hydrogen) atoms. The lowest BCUT2D eigenvalue weighted by Crippen LogP contribution is -2.34. The van der Waals surface area contributed by atoms with Gasteiger partial charge in [0.2, 0.25) is 0 Å². The van der Waals surface area contributed by atoms with E-state index >= 15 is 0 Å². The van der Waals surface area contributed by atoms with Gasteiger partial charge < -0.3 is 4.74 Å². The number of benzene rings is 1. The van der Waals surface area contributed by atoms with Crippen molar-refractivity contribution in [1.82, 2.24) is 5.32 Å². The Balaban J connectivity index is 2.46. The Kier molecular flexibility index (Phi) is 5.53. The molecule has 0 spiro atoms. The van der Waals surface area contributed by atoms with Gasteiger partial charge in [0.1, 0.15) is 5.82 Å². The molecule has 0 heterocycles. The molecular formula is C13H16F2N2O. The van der Waals surface area contributed by atoms with Gasteiger partial charge in [0.15, 0.2) is 11.6 Å². The SMILES string of the molecule is CC(C)NC(C#N)CCOc1cc(F)ccc1F. The number of ether oxygens (including phenoxy) is 1. The maximum absolute atomic E-state index is 13.2. The second-order valence-corrected chi connectivity index (χ2v) is 4.21. The normalized spacial score (nSPS) is 12.2. The standard InChI is InChI=1S/C13H16F2N2O/c1-9(2)17-11(8-16)5-6-18-13-7-10(14)3-4-12(13)15/h3-4,7,9,11,17H,5-6H2,1-2H3.